The average molecular weight is 555 g/mol. The SMILES string of the molecule is C.CCCCCCCc1cc(C(C)(C)C)c(O)c(C(C)(C)C)c1.Cc1cc(C(C)(C)C)c(O)c(C(C)(C)C)c1.[3H][B]. The van der Waals surface area contributed by atoms with Crippen LogP contribution in [0.5, 0.6) is 11.5 Å². The van der Waals surface area contributed by atoms with Gasteiger partial charge in [-0.05, 0) is 70.6 Å². The number of aryl methyl sites for hydroxylation is 2. The zero-order valence-corrected chi connectivity index (χ0v) is 28.0. The lowest BCUT2D eigenvalue weighted by molar-refractivity contribution is 0.422. The molecule has 3 heteroatoms. The van der Waals surface area contributed by atoms with Gasteiger partial charge >= 0.3 is 0 Å². The number of benzene rings is 2. The monoisotopic (exact) mass is 555 g/mol. The van der Waals surface area contributed by atoms with Crippen molar-refractivity contribution in [3.05, 3.63) is 57.6 Å². The predicted molar refractivity (Wildman–Crippen MR) is 182 cm³/mol. The number of phenols is 2. The molecule has 0 aliphatic rings. The molecule has 0 unspecified atom stereocenters. The highest BCUT2D eigenvalue weighted by atomic mass is 16.3. The highest BCUT2D eigenvalue weighted by molar-refractivity contribution is 5.75. The molecule has 228 valence electrons. The zero-order valence-electron chi connectivity index (χ0n) is 29.0. The molecule has 40 heavy (non-hydrogen) atoms. The van der Waals surface area contributed by atoms with E-state index in [2.05, 4.69) is 130 Å². The van der Waals surface area contributed by atoms with Crippen molar-refractivity contribution in [1.29, 1.82) is 1.34 Å². The Morgan fingerprint density at radius 1 is 0.575 bits per heavy atom. The molecule has 2 radical (unpaired) electrons. The van der Waals surface area contributed by atoms with Crippen molar-refractivity contribution >= 4 is 8.38 Å². The third kappa shape index (κ3) is 11.9. The van der Waals surface area contributed by atoms with E-state index in [0.29, 0.717) is 11.5 Å². The molecule has 2 rings (SSSR count). The van der Waals surface area contributed by atoms with E-state index in [-0.39, 0.29) is 29.1 Å². The van der Waals surface area contributed by atoms with Gasteiger partial charge in [-0.15, -0.1) is 0 Å². The maximum atomic E-state index is 10.7. The third-order valence-corrected chi connectivity index (χ3v) is 7.23. The Morgan fingerprint density at radius 3 is 1.18 bits per heavy atom. The van der Waals surface area contributed by atoms with Gasteiger partial charge < -0.3 is 10.2 Å². The first-order valence-corrected chi connectivity index (χ1v) is 14.8. The van der Waals surface area contributed by atoms with Crippen LogP contribution in [-0.4, -0.2) is 19.9 Å². The summed E-state index contributed by atoms with van der Waals surface area (Å²) in [6.07, 6.45) is 7.66. The first-order chi connectivity index (χ1) is 18.1. The van der Waals surface area contributed by atoms with Crippen molar-refractivity contribution < 1.29 is 10.2 Å². The lowest BCUT2D eigenvalue weighted by Gasteiger charge is -2.28. The summed E-state index contributed by atoms with van der Waals surface area (Å²) in [7, 11) is 3.75. The summed E-state index contributed by atoms with van der Waals surface area (Å²) in [5.74, 6) is 0.959. The minimum atomic E-state index is -0.0255. The minimum absolute atomic E-state index is 0. The van der Waals surface area contributed by atoms with Crippen molar-refractivity contribution in [2.75, 3.05) is 0 Å². The molecular formula is C37H65BO2. The second kappa shape index (κ2) is 15.4. The van der Waals surface area contributed by atoms with Crippen molar-refractivity contribution in [3.63, 3.8) is 0 Å². The fourth-order valence-electron chi connectivity index (χ4n) is 4.84. The molecule has 0 fully saturated rings. The molecule has 0 bridgehead atoms. The maximum absolute atomic E-state index is 10.7. The summed E-state index contributed by atoms with van der Waals surface area (Å²) >= 11 is 0. The molecule has 2 nitrogen and oxygen atoms in total. The van der Waals surface area contributed by atoms with E-state index in [0.717, 1.165) is 28.7 Å². The molecule has 2 aromatic rings. The first-order valence-electron chi connectivity index (χ1n) is 15.4. The van der Waals surface area contributed by atoms with E-state index in [1.165, 1.54) is 43.2 Å². The molecule has 2 aromatic carbocycles. The van der Waals surface area contributed by atoms with Crippen molar-refractivity contribution in [1.82, 2.24) is 0 Å². The predicted octanol–water partition coefficient (Wildman–Crippen LogP) is 10.8. The summed E-state index contributed by atoms with van der Waals surface area (Å²) in [5.41, 5.74) is 6.76. The molecule has 0 atom stereocenters. The van der Waals surface area contributed by atoms with Crippen LogP contribution in [0, 0.1) is 6.92 Å². The molecule has 0 aromatic heterocycles. The van der Waals surface area contributed by atoms with E-state index in [1.54, 1.807) is 0 Å². The second-order valence-electron chi connectivity index (χ2n) is 15.4. The van der Waals surface area contributed by atoms with Crippen molar-refractivity contribution in [2.24, 2.45) is 0 Å². The molecule has 0 spiro atoms. The van der Waals surface area contributed by atoms with E-state index in [9.17, 15) is 10.2 Å². The van der Waals surface area contributed by atoms with Gasteiger partial charge in [0.25, 0.3) is 0 Å². The van der Waals surface area contributed by atoms with Gasteiger partial charge in [0.05, 0.1) is 0 Å². The first kappa shape index (κ1) is 38.1. The van der Waals surface area contributed by atoms with E-state index in [1.807, 2.05) is 0 Å². The highest BCUT2D eigenvalue weighted by Gasteiger charge is 2.27. The Balaban J connectivity index is 0. The van der Waals surface area contributed by atoms with Gasteiger partial charge in [0.1, 0.15) is 11.5 Å². The van der Waals surface area contributed by atoms with Gasteiger partial charge in [-0.3, -0.25) is 0 Å². The van der Waals surface area contributed by atoms with Crippen LogP contribution in [0.1, 0.15) is 163 Å². The second-order valence-corrected chi connectivity index (χ2v) is 15.4. The Labute approximate surface area is 253 Å². The molecular weight excluding hydrogens is 487 g/mol. The van der Waals surface area contributed by atoms with Gasteiger partial charge in [-0.2, -0.15) is 0 Å². The number of phenolic OH excluding ortho intramolecular Hbond substituents is 2. The van der Waals surface area contributed by atoms with Crippen LogP contribution >= 0.6 is 0 Å². The largest absolute Gasteiger partial charge is 0.507 e. The molecule has 0 saturated heterocycles. The van der Waals surface area contributed by atoms with Crippen LogP contribution in [0.15, 0.2) is 24.3 Å². The lowest BCUT2D eigenvalue weighted by atomic mass is 9.78. The van der Waals surface area contributed by atoms with Crippen LogP contribution < -0.4 is 0 Å². The van der Waals surface area contributed by atoms with Gasteiger partial charge in [0, 0.05) is 8.38 Å². The summed E-state index contributed by atoms with van der Waals surface area (Å²) in [6.45, 7) is 30.2. The number of hydrogen-bond acceptors (Lipinski definition) is 2. The number of rotatable bonds is 6. The molecule has 0 saturated carbocycles. The van der Waals surface area contributed by atoms with Gasteiger partial charge in [0.2, 0.25) is 0 Å². The van der Waals surface area contributed by atoms with E-state index < -0.39 is 0 Å². The van der Waals surface area contributed by atoms with Gasteiger partial charge in [-0.1, -0.05) is 153 Å². The van der Waals surface area contributed by atoms with E-state index >= 15 is 0 Å². The normalized spacial score (nSPS) is 12.3. The van der Waals surface area contributed by atoms with Crippen LogP contribution in [0.4, 0.5) is 0 Å². The Kier molecular flexibility index (Phi) is 14.6. The van der Waals surface area contributed by atoms with E-state index in [4.69, 9.17) is 1.34 Å². The summed E-state index contributed by atoms with van der Waals surface area (Å²) in [5, 5.41) is 21.1. The molecule has 2 N–H and O–H groups in total. The Hall–Kier alpha value is -1.90. The van der Waals surface area contributed by atoms with Crippen molar-refractivity contribution in [3.8, 4) is 11.5 Å². The number of unbranched alkanes of at least 4 members (excludes halogenated alkanes) is 4. The van der Waals surface area contributed by atoms with Crippen LogP contribution in [-0.2, 0) is 28.1 Å². The smallest absolute Gasteiger partial charge is 0.123 e. The summed E-state index contributed by atoms with van der Waals surface area (Å²) in [6, 6.07) is 8.63. The van der Waals surface area contributed by atoms with Crippen LogP contribution in [0.25, 0.3) is 0 Å². The molecule has 0 aliphatic carbocycles. The molecule has 0 aliphatic heterocycles. The Morgan fingerprint density at radius 2 is 0.875 bits per heavy atom. The number of aromatic hydroxyl groups is 2. The fourth-order valence-corrected chi connectivity index (χ4v) is 4.84. The highest BCUT2D eigenvalue weighted by Crippen LogP contribution is 2.41. The summed E-state index contributed by atoms with van der Waals surface area (Å²) < 4.78 is 5.25. The number of hydrogen-bond donors (Lipinski definition) is 2. The average Bonchev–Trinajstić information content (AvgIpc) is 2.80. The van der Waals surface area contributed by atoms with Gasteiger partial charge in [-0.25, -0.2) is 0 Å². The topological polar surface area (TPSA) is 40.5 Å². The quantitative estimate of drug-likeness (QED) is 0.275. The Bertz CT molecular complexity index is 975. The lowest BCUT2D eigenvalue weighted by Crippen LogP contribution is -2.18. The van der Waals surface area contributed by atoms with Crippen molar-refractivity contribution in [2.45, 2.75) is 165 Å². The maximum Gasteiger partial charge on any atom is 0.123 e. The molecule has 0 amide bonds. The minimum Gasteiger partial charge on any atom is -0.507 e. The standard InChI is InChI=1S/C21H36O.C15H24O.CH4.BH/c1-8-9-10-11-12-13-16-14-17(20(2,3)4)19(22)18(15-16)21(5,6)7;1-10-8-11(14(2,3)4)13(16)12(9-10)15(5,6)7;;/h14-15,22H,8-13H2,1-7H3;8-9,16H,1-7H3;1H4;1H/i;;;1T. The molecule has 0 heterocycles. The fraction of sp³-hybridized carbons (Fsp3) is 0.676. The van der Waals surface area contributed by atoms with Crippen LogP contribution in [0.3, 0.4) is 0 Å². The van der Waals surface area contributed by atoms with Crippen LogP contribution in [0.2, 0.25) is 0 Å². The third-order valence-electron chi connectivity index (χ3n) is 7.23. The summed E-state index contributed by atoms with van der Waals surface area (Å²) in [4.78, 5) is 0. The zero-order chi connectivity index (χ0) is 31.7. The van der Waals surface area contributed by atoms with Gasteiger partial charge in [0.15, 0.2) is 0 Å².